The van der Waals surface area contributed by atoms with E-state index >= 15 is 0 Å². The molecule has 0 radical (unpaired) electrons. The topological polar surface area (TPSA) is 95.6 Å². The smallest absolute Gasteiger partial charge is 0.241 e. The van der Waals surface area contributed by atoms with Crippen molar-refractivity contribution in [3.8, 4) is 0 Å². The first-order valence-electron chi connectivity index (χ1n) is 11.8. The van der Waals surface area contributed by atoms with Gasteiger partial charge in [-0.2, -0.15) is 0 Å². The summed E-state index contributed by atoms with van der Waals surface area (Å²) < 4.78 is 28.1. The molecule has 0 aliphatic carbocycles. The maximum Gasteiger partial charge on any atom is 0.241 e. The lowest BCUT2D eigenvalue weighted by atomic mass is 9.96. The molecule has 2 rings (SSSR count). The van der Waals surface area contributed by atoms with Crippen molar-refractivity contribution in [2.45, 2.75) is 77.5 Å². The molecule has 1 aromatic rings. The van der Waals surface area contributed by atoms with Crippen molar-refractivity contribution in [3.05, 3.63) is 28.8 Å². The molecule has 1 aliphatic heterocycles. The summed E-state index contributed by atoms with van der Waals surface area (Å²) in [5, 5.41) is 3.00. The van der Waals surface area contributed by atoms with Gasteiger partial charge in [-0.05, 0) is 51.2 Å². The molecule has 180 valence electrons. The van der Waals surface area contributed by atoms with E-state index in [-0.39, 0.29) is 35.6 Å². The zero-order chi connectivity index (χ0) is 23.7. The van der Waals surface area contributed by atoms with E-state index in [1.165, 1.54) is 6.42 Å². The molecule has 1 unspecified atom stereocenters. The highest BCUT2D eigenvalue weighted by atomic mass is 32.2. The molecule has 1 aromatic carbocycles. The van der Waals surface area contributed by atoms with Gasteiger partial charge in [-0.1, -0.05) is 43.9 Å². The summed E-state index contributed by atoms with van der Waals surface area (Å²) >= 11 is 0. The van der Waals surface area contributed by atoms with Crippen LogP contribution in [0.1, 0.15) is 68.6 Å². The Morgan fingerprint density at radius 3 is 2.41 bits per heavy atom. The summed E-state index contributed by atoms with van der Waals surface area (Å²) in [7, 11) is -3.69. The van der Waals surface area contributed by atoms with Gasteiger partial charge >= 0.3 is 0 Å². The predicted octanol–water partition coefficient (Wildman–Crippen LogP) is 3.22. The largest absolute Gasteiger partial charge is 0.356 e. The first kappa shape index (κ1) is 26.3. The van der Waals surface area contributed by atoms with Crippen molar-refractivity contribution >= 4 is 21.8 Å². The van der Waals surface area contributed by atoms with Crippen LogP contribution < -0.4 is 10.0 Å². The van der Waals surface area contributed by atoms with Gasteiger partial charge in [-0.25, -0.2) is 13.1 Å². The van der Waals surface area contributed by atoms with E-state index in [1.807, 2.05) is 19.1 Å². The number of hydrogen-bond acceptors (Lipinski definition) is 4. The van der Waals surface area contributed by atoms with Crippen LogP contribution in [-0.2, 0) is 19.6 Å². The summed E-state index contributed by atoms with van der Waals surface area (Å²) in [5.41, 5.74) is 2.40. The normalized spacial score (nSPS) is 16.8. The molecule has 0 spiro atoms. The van der Waals surface area contributed by atoms with E-state index in [1.54, 1.807) is 18.7 Å². The predicted molar refractivity (Wildman–Crippen MR) is 127 cm³/mol. The molecule has 1 atom stereocenters. The van der Waals surface area contributed by atoms with E-state index in [0.717, 1.165) is 37.7 Å². The maximum absolute atomic E-state index is 12.8. The highest BCUT2D eigenvalue weighted by Gasteiger charge is 2.28. The molecule has 2 amide bonds. The van der Waals surface area contributed by atoms with E-state index in [2.05, 4.69) is 17.0 Å². The zero-order valence-electron chi connectivity index (χ0n) is 20.0. The summed E-state index contributed by atoms with van der Waals surface area (Å²) in [4.78, 5) is 27.1. The number of piperidine rings is 1. The van der Waals surface area contributed by atoms with Crippen LogP contribution in [-0.4, -0.2) is 51.3 Å². The Morgan fingerprint density at radius 1 is 1.06 bits per heavy atom. The Hall–Kier alpha value is -1.93. The minimum absolute atomic E-state index is 0.0185. The van der Waals surface area contributed by atoms with Gasteiger partial charge in [-0.15, -0.1) is 0 Å². The molecule has 32 heavy (non-hydrogen) atoms. The molecule has 0 saturated carbocycles. The number of rotatable bonds is 11. The average Bonchev–Trinajstić information content (AvgIpc) is 2.72. The number of carbonyl (C=O) groups is 2. The van der Waals surface area contributed by atoms with Gasteiger partial charge in [0.1, 0.15) is 0 Å². The number of hydrogen-bond donors (Lipinski definition) is 2. The highest BCUT2D eigenvalue weighted by molar-refractivity contribution is 7.89. The number of nitrogens with zero attached hydrogens (tertiary/aromatic N) is 1. The Kier molecular flexibility index (Phi) is 10.2. The lowest BCUT2D eigenvalue weighted by Gasteiger charge is -2.32. The zero-order valence-corrected chi connectivity index (χ0v) is 20.8. The first-order chi connectivity index (χ1) is 15.2. The average molecular weight is 466 g/mol. The molecule has 8 heteroatoms. The van der Waals surface area contributed by atoms with Crippen LogP contribution in [0.15, 0.2) is 17.0 Å². The van der Waals surface area contributed by atoms with E-state index in [0.29, 0.717) is 30.8 Å². The fourth-order valence-corrected chi connectivity index (χ4v) is 5.92. The number of unbranched alkanes of at least 4 members (excludes halogenated alkanes) is 3. The third kappa shape index (κ3) is 7.59. The van der Waals surface area contributed by atoms with Crippen LogP contribution in [0.2, 0.25) is 0 Å². The van der Waals surface area contributed by atoms with E-state index in [9.17, 15) is 18.0 Å². The SMILES string of the molecule is CCCCCCNC(=O)C1CCCN(C(=O)CCNS(=O)(=O)c2c(C)cc(C)cc2C)C1. The van der Waals surface area contributed by atoms with Crippen molar-refractivity contribution in [2.24, 2.45) is 5.92 Å². The number of benzene rings is 1. The molecule has 0 aromatic heterocycles. The summed E-state index contributed by atoms with van der Waals surface area (Å²) in [6, 6.07) is 3.69. The Bertz CT molecular complexity index is 876. The fraction of sp³-hybridized carbons (Fsp3) is 0.667. The van der Waals surface area contributed by atoms with Crippen LogP contribution in [0.4, 0.5) is 0 Å². The number of likely N-dealkylation sites (tertiary alicyclic amines) is 1. The number of aryl methyl sites for hydroxylation is 3. The molecular weight excluding hydrogens is 426 g/mol. The van der Waals surface area contributed by atoms with Gasteiger partial charge in [0.25, 0.3) is 0 Å². The van der Waals surface area contributed by atoms with Gasteiger partial charge < -0.3 is 10.2 Å². The van der Waals surface area contributed by atoms with Crippen molar-refractivity contribution in [2.75, 3.05) is 26.2 Å². The molecule has 1 heterocycles. The van der Waals surface area contributed by atoms with Gasteiger partial charge in [0, 0.05) is 32.6 Å². The van der Waals surface area contributed by atoms with Crippen molar-refractivity contribution in [1.29, 1.82) is 0 Å². The number of sulfonamides is 1. The number of nitrogens with one attached hydrogen (secondary N) is 2. The van der Waals surface area contributed by atoms with Crippen molar-refractivity contribution in [1.82, 2.24) is 14.9 Å². The first-order valence-corrected chi connectivity index (χ1v) is 13.3. The molecule has 7 nitrogen and oxygen atoms in total. The van der Waals surface area contributed by atoms with Gasteiger partial charge in [0.05, 0.1) is 10.8 Å². The van der Waals surface area contributed by atoms with Crippen LogP contribution in [0.3, 0.4) is 0 Å². The lowest BCUT2D eigenvalue weighted by Crippen LogP contribution is -2.46. The fourth-order valence-electron chi connectivity index (χ4n) is 4.44. The van der Waals surface area contributed by atoms with Crippen LogP contribution >= 0.6 is 0 Å². The van der Waals surface area contributed by atoms with Crippen molar-refractivity contribution in [3.63, 3.8) is 0 Å². The van der Waals surface area contributed by atoms with Crippen LogP contribution in [0, 0.1) is 26.7 Å². The highest BCUT2D eigenvalue weighted by Crippen LogP contribution is 2.22. The maximum atomic E-state index is 12.8. The van der Waals surface area contributed by atoms with Crippen LogP contribution in [0.25, 0.3) is 0 Å². The number of carbonyl (C=O) groups excluding carboxylic acids is 2. The third-order valence-corrected chi connectivity index (χ3v) is 7.74. The molecule has 2 N–H and O–H groups in total. The summed E-state index contributed by atoms with van der Waals surface area (Å²) in [6.07, 6.45) is 6.08. The Morgan fingerprint density at radius 2 is 1.75 bits per heavy atom. The minimum Gasteiger partial charge on any atom is -0.356 e. The minimum atomic E-state index is -3.69. The second-order valence-corrected chi connectivity index (χ2v) is 10.6. The Labute approximate surface area is 193 Å². The van der Waals surface area contributed by atoms with Crippen molar-refractivity contribution < 1.29 is 18.0 Å². The number of amides is 2. The second-order valence-electron chi connectivity index (χ2n) is 8.91. The molecule has 1 fully saturated rings. The molecule has 1 saturated heterocycles. The van der Waals surface area contributed by atoms with Gasteiger partial charge in [0.15, 0.2) is 0 Å². The summed E-state index contributed by atoms with van der Waals surface area (Å²) in [6.45, 7) is 9.39. The standard InChI is InChI=1S/C24H39N3O4S/c1-5-6-7-8-12-25-24(29)21-10-9-14-27(17-21)22(28)11-13-26-32(30,31)23-19(3)15-18(2)16-20(23)4/h15-16,21,26H,5-14,17H2,1-4H3,(H,25,29). The molecule has 1 aliphatic rings. The Balaban J connectivity index is 1.83. The van der Waals surface area contributed by atoms with Gasteiger partial charge in [0.2, 0.25) is 21.8 Å². The molecular formula is C24H39N3O4S. The third-order valence-electron chi connectivity index (χ3n) is 5.98. The van der Waals surface area contributed by atoms with Crippen LogP contribution in [0.5, 0.6) is 0 Å². The van der Waals surface area contributed by atoms with E-state index in [4.69, 9.17) is 0 Å². The second kappa shape index (κ2) is 12.3. The lowest BCUT2D eigenvalue weighted by molar-refractivity contribution is -0.135. The molecule has 0 bridgehead atoms. The summed E-state index contributed by atoms with van der Waals surface area (Å²) in [5.74, 6) is -0.288. The monoisotopic (exact) mass is 465 g/mol. The quantitative estimate of drug-likeness (QED) is 0.491. The van der Waals surface area contributed by atoms with E-state index < -0.39 is 10.0 Å². The van der Waals surface area contributed by atoms with Gasteiger partial charge in [-0.3, -0.25) is 9.59 Å².